The van der Waals surface area contributed by atoms with Gasteiger partial charge in [0.2, 0.25) is 0 Å². The first kappa shape index (κ1) is 14.2. The van der Waals surface area contributed by atoms with Crippen molar-refractivity contribution in [3.8, 4) is 0 Å². The molecule has 0 aromatic heterocycles. The minimum absolute atomic E-state index is 0.232. The Labute approximate surface area is 104 Å². The lowest BCUT2D eigenvalue weighted by atomic mass is 9.86. The van der Waals surface area contributed by atoms with Crippen LogP contribution in [-0.4, -0.2) is 16.9 Å². The average Bonchev–Trinajstić information content (AvgIpc) is 2.61. The van der Waals surface area contributed by atoms with Crippen LogP contribution in [0.3, 0.4) is 0 Å². The summed E-state index contributed by atoms with van der Waals surface area (Å²) in [5.41, 5.74) is 0. The molecule has 0 bridgehead atoms. The van der Waals surface area contributed by atoms with Crippen LogP contribution < -0.4 is 0 Å². The fourth-order valence-electron chi connectivity index (χ4n) is 2.85. The molecule has 0 spiro atoms. The molecule has 2 atom stereocenters. The highest BCUT2D eigenvalue weighted by molar-refractivity contribution is 5.83. The van der Waals surface area contributed by atoms with Crippen molar-refractivity contribution < 1.29 is 14.7 Å². The number of carbonyl (C=O) groups excluding carboxylic acids is 1. The van der Waals surface area contributed by atoms with Crippen molar-refractivity contribution in [2.24, 2.45) is 11.8 Å². The first-order valence-corrected chi connectivity index (χ1v) is 6.89. The maximum Gasteiger partial charge on any atom is 0.303 e. The monoisotopic (exact) mass is 240 g/mol. The summed E-state index contributed by atoms with van der Waals surface area (Å²) >= 11 is 0. The number of carboxylic acids is 1. The van der Waals surface area contributed by atoms with Crippen molar-refractivity contribution in [1.29, 1.82) is 0 Å². The summed E-state index contributed by atoms with van der Waals surface area (Å²) in [5.74, 6) is 0.382. The molecule has 98 valence electrons. The van der Waals surface area contributed by atoms with Crippen LogP contribution in [0, 0.1) is 11.8 Å². The minimum atomic E-state index is -0.725. The summed E-state index contributed by atoms with van der Waals surface area (Å²) in [4.78, 5) is 22.2. The summed E-state index contributed by atoms with van der Waals surface area (Å²) in [7, 11) is 0. The number of hydrogen-bond donors (Lipinski definition) is 1. The lowest BCUT2D eigenvalue weighted by Gasteiger charge is -2.17. The SMILES string of the molecule is CCCCC[C@H]1C(=O)CC[C@@H]1CCCC(=O)O. The molecule has 3 nitrogen and oxygen atoms in total. The average molecular weight is 240 g/mol. The molecular weight excluding hydrogens is 216 g/mol. The molecule has 1 fully saturated rings. The summed E-state index contributed by atoms with van der Waals surface area (Å²) in [6.45, 7) is 2.17. The molecule has 1 N–H and O–H groups in total. The molecule has 0 saturated heterocycles. The third kappa shape index (κ3) is 4.88. The van der Waals surface area contributed by atoms with Gasteiger partial charge in [-0.2, -0.15) is 0 Å². The summed E-state index contributed by atoms with van der Waals surface area (Å²) in [6.07, 6.45) is 8.12. The fraction of sp³-hybridized carbons (Fsp3) is 0.857. The highest BCUT2D eigenvalue weighted by Crippen LogP contribution is 2.35. The Morgan fingerprint density at radius 3 is 2.71 bits per heavy atom. The fourth-order valence-corrected chi connectivity index (χ4v) is 2.85. The molecule has 1 rings (SSSR count). The van der Waals surface area contributed by atoms with E-state index in [0.717, 1.165) is 32.1 Å². The number of carbonyl (C=O) groups is 2. The van der Waals surface area contributed by atoms with Crippen LogP contribution in [0.5, 0.6) is 0 Å². The summed E-state index contributed by atoms with van der Waals surface area (Å²) in [5, 5.41) is 8.61. The van der Waals surface area contributed by atoms with Gasteiger partial charge in [-0.05, 0) is 31.6 Å². The van der Waals surface area contributed by atoms with Gasteiger partial charge >= 0.3 is 5.97 Å². The number of rotatable bonds is 8. The normalized spacial score (nSPS) is 24.2. The lowest BCUT2D eigenvalue weighted by Crippen LogP contribution is -2.15. The van der Waals surface area contributed by atoms with E-state index in [1.54, 1.807) is 0 Å². The van der Waals surface area contributed by atoms with Crippen LogP contribution in [0.15, 0.2) is 0 Å². The van der Waals surface area contributed by atoms with E-state index in [1.165, 1.54) is 12.8 Å². The van der Waals surface area contributed by atoms with E-state index in [1.807, 2.05) is 0 Å². The molecule has 0 aromatic rings. The predicted molar refractivity (Wildman–Crippen MR) is 66.8 cm³/mol. The van der Waals surface area contributed by atoms with Crippen LogP contribution in [0.2, 0.25) is 0 Å². The van der Waals surface area contributed by atoms with Crippen LogP contribution in [0.25, 0.3) is 0 Å². The van der Waals surface area contributed by atoms with Crippen LogP contribution in [0.4, 0.5) is 0 Å². The van der Waals surface area contributed by atoms with Crippen molar-refractivity contribution in [3.63, 3.8) is 0 Å². The molecule has 0 radical (unpaired) electrons. The quantitative estimate of drug-likeness (QED) is 0.661. The number of hydrogen-bond acceptors (Lipinski definition) is 2. The Hall–Kier alpha value is -0.860. The van der Waals surface area contributed by atoms with E-state index in [4.69, 9.17) is 5.11 Å². The Bertz CT molecular complexity index is 260. The van der Waals surface area contributed by atoms with Gasteiger partial charge in [-0.25, -0.2) is 0 Å². The molecule has 1 saturated carbocycles. The second kappa shape index (κ2) is 7.46. The van der Waals surface area contributed by atoms with Crippen LogP contribution in [-0.2, 0) is 9.59 Å². The zero-order valence-electron chi connectivity index (χ0n) is 10.8. The molecule has 1 aliphatic rings. The Morgan fingerprint density at radius 2 is 2.06 bits per heavy atom. The Kier molecular flexibility index (Phi) is 6.23. The van der Waals surface area contributed by atoms with E-state index in [9.17, 15) is 9.59 Å². The number of Topliss-reactive ketones (excluding diaryl/α,β-unsaturated/α-hetero) is 1. The molecule has 1 aliphatic carbocycles. The zero-order valence-corrected chi connectivity index (χ0v) is 10.8. The van der Waals surface area contributed by atoms with Crippen LogP contribution >= 0.6 is 0 Å². The number of carboxylic acid groups (broad SMARTS) is 1. The molecule has 0 amide bonds. The Morgan fingerprint density at radius 1 is 1.29 bits per heavy atom. The van der Waals surface area contributed by atoms with Gasteiger partial charge in [-0.15, -0.1) is 0 Å². The van der Waals surface area contributed by atoms with Gasteiger partial charge < -0.3 is 5.11 Å². The minimum Gasteiger partial charge on any atom is -0.481 e. The van der Waals surface area contributed by atoms with E-state index in [-0.39, 0.29) is 12.3 Å². The van der Waals surface area contributed by atoms with Gasteiger partial charge in [-0.1, -0.05) is 26.2 Å². The van der Waals surface area contributed by atoms with E-state index >= 15 is 0 Å². The topological polar surface area (TPSA) is 54.4 Å². The largest absolute Gasteiger partial charge is 0.481 e. The maximum absolute atomic E-state index is 11.8. The van der Waals surface area contributed by atoms with Gasteiger partial charge in [0, 0.05) is 18.8 Å². The second-order valence-electron chi connectivity index (χ2n) is 5.15. The number of aliphatic carboxylic acids is 1. The predicted octanol–water partition coefficient (Wildman–Crippen LogP) is 3.42. The molecule has 0 heterocycles. The first-order chi connectivity index (χ1) is 8.15. The molecule has 3 heteroatoms. The Balaban J connectivity index is 2.30. The number of ketones is 1. The van der Waals surface area contributed by atoms with Crippen molar-refractivity contribution in [1.82, 2.24) is 0 Å². The van der Waals surface area contributed by atoms with Crippen molar-refractivity contribution in [3.05, 3.63) is 0 Å². The van der Waals surface area contributed by atoms with E-state index < -0.39 is 5.97 Å². The lowest BCUT2D eigenvalue weighted by molar-refractivity contribution is -0.137. The second-order valence-corrected chi connectivity index (χ2v) is 5.15. The zero-order chi connectivity index (χ0) is 12.7. The highest BCUT2D eigenvalue weighted by Gasteiger charge is 2.33. The molecular formula is C14H24O3. The standard InChI is InChI=1S/C14H24O3/c1-2-3-4-7-12-11(9-10-13(12)15)6-5-8-14(16)17/h11-12H,2-10H2,1H3,(H,16,17)/t11-,12+/m0/s1. The van der Waals surface area contributed by atoms with Gasteiger partial charge in [-0.3, -0.25) is 9.59 Å². The third-order valence-electron chi connectivity index (χ3n) is 3.83. The summed E-state index contributed by atoms with van der Waals surface area (Å²) in [6, 6.07) is 0. The van der Waals surface area contributed by atoms with E-state index in [2.05, 4.69) is 6.92 Å². The van der Waals surface area contributed by atoms with Gasteiger partial charge in [0.25, 0.3) is 0 Å². The van der Waals surface area contributed by atoms with Gasteiger partial charge in [0.1, 0.15) is 5.78 Å². The molecule has 0 aliphatic heterocycles. The summed E-state index contributed by atoms with van der Waals surface area (Å²) < 4.78 is 0. The first-order valence-electron chi connectivity index (χ1n) is 6.89. The molecule has 0 unspecified atom stereocenters. The van der Waals surface area contributed by atoms with Crippen LogP contribution in [0.1, 0.15) is 64.7 Å². The third-order valence-corrected chi connectivity index (χ3v) is 3.83. The van der Waals surface area contributed by atoms with Gasteiger partial charge in [0.15, 0.2) is 0 Å². The van der Waals surface area contributed by atoms with E-state index in [0.29, 0.717) is 18.1 Å². The van der Waals surface area contributed by atoms with Crippen molar-refractivity contribution >= 4 is 11.8 Å². The maximum atomic E-state index is 11.8. The smallest absolute Gasteiger partial charge is 0.303 e. The van der Waals surface area contributed by atoms with Gasteiger partial charge in [0.05, 0.1) is 0 Å². The van der Waals surface area contributed by atoms with Crippen molar-refractivity contribution in [2.75, 3.05) is 0 Å². The molecule has 17 heavy (non-hydrogen) atoms. The molecule has 0 aromatic carbocycles. The number of unbranched alkanes of at least 4 members (excludes halogenated alkanes) is 2. The highest BCUT2D eigenvalue weighted by atomic mass is 16.4. The van der Waals surface area contributed by atoms with Crippen molar-refractivity contribution in [2.45, 2.75) is 64.7 Å².